The fraction of sp³-hybridized carbons (Fsp3) is 0.357. The van der Waals surface area contributed by atoms with E-state index >= 15 is 0 Å². The molecule has 0 bridgehead atoms. The van der Waals surface area contributed by atoms with Gasteiger partial charge in [-0.05, 0) is 30.7 Å². The average molecular weight is 281 g/mol. The largest absolute Gasteiger partial charge is 0.493 e. The van der Waals surface area contributed by atoms with Gasteiger partial charge in [0.2, 0.25) is 0 Å². The first kappa shape index (κ1) is 13.7. The Hall–Kier alpha value is -1.68. The average Bonchev–Trinajstić information content (AvgIpc) is 2.74. The summed E-state index contributed by atoms with van der Waals surface area (Å²) in [6.45, 7) is 2.40. The van der Waals surface area contributed by atoms with Crippen LogP contribution in [0.5, 0.6) is 11.5 Å². The predicted molar refractivity (Wildman–Crippen MR) is 74.8 cm³/mol. The van der Waals surface area contributed by atoms with Crippen molar-refractivity contribution in [2.45, 2.75) is 19.4 Å². The van der Waals surface area contributed by atoms with Gasteiger partial charge in [0.15, 0.2) is 11.5 Å². The Labute approximate surface area is 117 Å². The molecule has 19 heavy (non-hydrogen) atoms. The topological polar surface area (TPSA) is 36.3 Å². The van der Waals surface area contributed by atoms with Crippen molar-refractivity contribution in [2.75, 3.05) is 7.11 Å². The normalized spacial score (nSPS) is 10.5. The number of rotatable bonds is 5. The van der Waals surface area contributed by atoms with Crippen molar-refractivity contribution in [3.05, 3.63) is 41.2 Å². The van der Waals surface area contributed by atoms with Crippen LogP contribution in [0, 0.1) is 6.92 Å². The number of ether oxygens (including phenoxy) is 2. The zero-order chi connectivity index (χ0) is 13.8. The number of hydrogen-bond acceptors (Lipinski definition) is 3. The summed E-state index contributed by atoms with van der Waals surface area (Å²) >= 11 is 5.83. The lowest BCUT2D eigenvalue weighted by molar-refractivity contribution is 0.275. The van der Waals surface area contributed by atoms with Crippen LogP contribution in [0.3, 0.4) is 0 Å². The molecule has 0 aliphatic carbocycles. The molecule has 1 heterocycles. The zero-order valence-corrected chi connectivity index (χ0v) is 12.1. The summed E-state index contributed by atoms with van der Waals surface area (Å²) in [6.07, 6.45) is 0. The molecule has 0 fully saturated rings. The number of nitrogens with zero attached hydrogens (tertiary/aromatic N) is 2. The Morgan fingerprint density at radius 2 is 2.05 bits per heavy atom. The minimum Gasteiger partial charge on any atom is -0.493 e. The molecule has 0 radical (unpaired) electrons. The molecule has 0 N–H and O–H groups in total. The third kappa shape index (κ3) is 3.20. The lowest BCUT2D eigenvalue weighted by Gasteiger charge is -2.11. The maximum atomic E-state index is 5.83. The molecule has 1 aromatic heterocycles. The first-order chi connectivity index (χ1) is 9.13. The molecule has 102 valence electrons. The van der Waals surface area contributed by atoms with Crippen LogP contribution in [0.1, 0.15) is 17.0 Å². The van der Waals surface area contributed by atoms with Gasteiger partial charge in [-0.2, -0.15) is 5.10 Å². The Balaban J connectivity index is 2.16. The molecule has 0 amide bonds. The van der Waals surface area contributed by atoms with Crippen LogP contribution in [0.25, 0.3) is 0 Å². The van der Waals surface area contributed by atoms with E-state index in [9.17, 15) is 0 Å². The third-order valence-electron chi connectivity index (χ3n) is 2.86. The summed E-state index contributed by atoms with van der Waals surface area (Å²) in [6, 6.07) is 7.68. The van der Waals surface area contributed by atoms with Crippen molar-refractivity contribution >= 4 is 11.6 Å². The van der Waals surface area contributed by atoms with E-state index in [1.54, 1.807) is 7.11 Å². The molecule has 5 heteroatoms. The molecule has 0 spiro atoms. The number of alkyl halides is 1. The van der Waals surface area contributed by atoms with Crippen molar-refractivity contribution in [2.24, 2.45) is 7.05 Å². The van der Waals surface area contributed by atoms with Gasteiger partial charge in [0, 0.05) is 12.9 Å². The molecule has 1 aromatic carbocycles. The molecular formula is C14H17ClN2O2. The van der Waals surface area contributed by atoms with Crippen molar-refractivity contribution < 1.29 is 9.47 Å². The maximum absolute atomic E-state index is 5.83. The highest BCUT2D eigenvalue weighted by Crippen LogP contribution is 2.29. The van der Waals surface area contributed by atoms with Crippen molar-refractivity contribution in [3.63, 3.8) is 0 Å². The minimum atomic E-state index is 0.444. The first-order valence-corrected chi connectivity index (χ1v) is 6.52. The molecule has 0 unspecified atom stereocenters. The van der Waals surface area contributed by atoms with Gasteiger partial charge in [-0.1, -0.05) is 6.07 Å². The predicted octanol–water partition coefficient (Wildman–Crippen LogP) is 3.05. The van der Waals surface area contributed by atoms with Gasteiger partial charge < -0.3 is 9.47 Å². The Kier molecular flexibility index (Phi) is 4.32. The van der Waals surface area contributed by atoms with E-state index in [4.69, 9.17) is 21.1 Å². The molecule has 2 rings (SSSR count). The molecule has 0 saturated heterocycles. The van der Waals surface area contributed by atoms with Crippen molar-refractivity contribution in [1.82, 2.24) is 9.78 Å². The highest BCUT2D eigenvalue weighted by atomic mass is 35.5. The van der Waals surface area contributed by atoms with Crippen molar-refractivity contribution in [1.29, 1.82) is 0 Å². The van der Waals surface area contributed by atoms with Gasteiger partial charge in [-0.3, -0.25) is 4.68 Å². The second kappa shape index (κ2) is 5.97. The summed E-state index contributed by atoms with van der Waals surface area (Å²) < 4.78 is 12.9. The Bertz CT molecular complexity index is 567. The van der Waals surface area contributed by atoms with Gasteiger partial charge in [0.25, 0.3) is 0 Å². The maximum Gasteiger partial charge on any atom is 0.162 e. The van der Waals surface area contributed by atoms with Crippen LogP contribution in [-0.2, 0) is 19.5 Å². The van der Waals surface area contributed by atoms with E-state index < -0.39 is 0 Å². The summed E-state index contributed by atoms with van der Waals surface area (Å²) in [7, 11) is 3.52. The number of methoxy groups -OCH3 is 1. The number of halogens is 1. The zero-order valence-electron chi connectivity index (χ0n) is 11.3. The standard InChI is InChI=1S/C14H17ClN2O2/c1-10-6-12(17(2)16-10)9-19-14-7-11(8-15)4-5-13(14)18-3/h4-7H,8-9H2,1-3H3. The highest BCUT2D eigenvalue weighted by Gasteiger charge is 2.08. The summed E-state index contributed by atoms with van der Waals surface area (Å²) in [5.74, 6) is 1.85. The smallest absolute Gasteiger partial charge is 0.162 e. The van der Waals surface area contributed by atoms with E-state index in [0.717, 1.165) is 17.0 Å². The highest BCUT2D eigenvalue weighted by molar-refractivity contribution is 6.17. The number of aromatic nitrogens is 2. The summed E-state index contributed by atoms with van der Waals surface area (Å²) in [4.78, 5) is 0. The molecule has 2 aromatic rings. The molecular weight excluding hydrogens is 264 g/mol. The Morgan fingerprint density at radius 3 is 2.63 bits per heavy atom. The van der Waals surface area contributed by atoms with Crippen LogP contribution in [0.15, 0.2) is 24.3 Å². The van der Waals surface area contributed by atoms with Crippen LogP contribution >= 0.6 is 11.6 Å². The minimum absolute atomic E-state index is 0.444. The third-order valence-corrected chi connectivity index (χ3v) is 3.17. The second-order valence-corrected chi connectivity index (χ2v) is 4.58. The fourth-order valence-electron chi connectivity index (χ4n) is 1.87. The Morgan fingerprint density at radius 1 is 1.26 bits per heavy atom. The lowest BCUT2D eigenvalue weighted by Crippen LogP contribution is -2.04. The van der Waals surface area contributed by atoms with Crippen LogP contribution in [0.4, 0.5) is 0 Å². The number of aryl methyl sites for hydroxylation is 2. The van der Waals surface area contributed by atoms with Gasteiger partial charge >= 0.3 is 0 Å². The quantitative estimate of drug-likeness (QED) is 0.790. The SMILES string of the molecule is COc1ccc(CCl)cc1OCc1cc(C)nn1C. The molecule has 4 nitrogen and oxygen atoms in total. The first-order valence-electron chi connectivity index (χ1n) is 5.99. The second-order valence-electron chi connectivity index (χ2n) is 4.31. The molecule has 0 aliphatic heterocycles. The van der Waals surface area contributed by atoms with Crippen LogP contribution in [0.2, 0.25) is 0 Å². The van der Waals surface area contributed by atoms with Gasteiger partial charge in [0.1, 0.15) is 6.61 Å². The van der Waals surface area contributed by atoms with Gasteiger partial charge in [-0.15, -0.1) is 11.6 Å². The van der Waals surface area contributed by atoms with E-state index in [1.165, 1.54) is 0 Å². The fourth-order valence-corrected chi connectivity index (χ4v) is 2.03. The monoisotopic (exact) mass is 280 g/mol. The van der Waals surface area contributed by atoms with Crippen LogP contribution in [-0.4, -0.2) is 16.9 Å². The molecule has 0 saturated carbocycles. The summed E-state index contributed by atoms with van der Waals surface area (Å²) in [5.41, 5.74) is 2.98. The molecule has 0 atom stereocenters. The van der Waals surface area contributed by atoms with E-state index in [2.05, 4.69) is 5.10 Å². The van der Waals surface area contributed by atoms with Gasteiger partial charge in [0.05, 0.1) is 18.5 Å². The number of benzene rings is 1. The van der Waals surface area contributed by atoms with E-state index in [1.807, 2.05) is 42.9 Å². The summed E-state index contributed by atoms with van der Waals surface area (Å²) in [5, 5.41) is 4.28. The molecule has 0 aliphatic rings. The lowest BCUT2D eigenvalue weighted by atomic mass is 10.2. The number of hydrogen-bond donors (Lipinski definition) is 0. The van der Waals surface area contributed by atoms with E-state index in [-0.39, 0.29) is 0 Å². The van der Waals surface area contributed by atoms with Crippen LogP contribution < -0.4 is 9.47 Å². The van der Waals surface area contributed by atoms with Gasteiger partial charge in [-0.25, -0.2) is 0 Å². The van der Waals surface area contributed by atoms with Crippen molar-refractivity contribution in [3.8, 4) is 11.5 Å². The van der Waals surface area contributed by atoms with E-state index in [0.29, 0.717) is 24.0 Å².